The van der Waals surface area contributed by atoms with Crippen LogP contribution >= 0.6 is 0 Å². The van der Waals surface area contributed by atoms with Crippen LogP contribution in [0.4, 0.5) is 4.39 Å². The van der Waals surface area contributed by atoms with Gasteiger partial charge in [-0.2, -0.15) is 5.10 Å². The molecule has 18 heavy (non-hydrogen) atoms. The van der Waals surface area contributed by atoms with Crippen molar-refractivity contribution in [3.05, 3.63) is 47.5 Å². The van der Waals surface area contributed by atoms with E-state index in [4.69, 9.17) is 5.73 Å². The summed E-state index contributed by atoms with van der Waals surface area (Å²) in [5.41, 5.74) is 8.69. The van der Waals surface area contributed by atoms with Crippen LogP contribution < -0.4 is 5.73 Å². The van der Waals surface area contributed by atoms with Crippen LogP contribution in [0.1, 0.15) is 24.2 Å². The molecule has 0 amide bonds. The van der Waals surface area contributed by atoms with Crippen LogP contribution in [0.25, 0.3) is 5.69 Å². The number of aryl methyl sites for hydroxylation is 1. The molecule has 0 spiro atoms. The maximum absolute atomic E-state index is 13.2. The number of nitrogens with two attached hydrogens (primary N) is 1. The Morgan fingerprint density at radius 2 is 2.17 bits per heavy atom. The van der Waals surface area contributed by atoms with E-state index >= 15 is 0 Å². The number of aromatic nitrogens is 2. The molecule has 0 atom stereocenters. The molecule has 1 heterocycles. The maximum Gasteiger partial charge on any atom is 0.125 e. The van der Waals surface area contributed by atoms with Crippen molar-refractivity contribution in [3.8, 4) is 5.69 Å². The van der Waals surface area contributed by atoms with Gasteiger partial charge in [0.15, 0.2) is 0 Å². The molecule has 0 unspecified atom stereocenters. The van der Waals surface area contributed by atoms with Crippen molar-refractivity contribution >= 4 is 0 Å². The molecule has 2 aromatic rings. The van der Waals surface area contributed by atoms with E-state index in [0.717, 1.165) is 29.9 Å². The Morgan fingerprint density at radius 3 is 2.78 bits per heavy atom. The molecular weight excluding hydrogens is 229 g/mol. The van der Waals surface area contributed by atoms with E-state index in [-0.39, 0.29) is 11.2 Å². The first-order valence-corrected chi connectivity index (χ1v) is 6.18. The molecule has 1 aromatic heterocycles. The van der Waals surface area contributed by atoms with Gasteiger partial charge in [0, 0.05) is 17.7 Å². The van der Waals surface area contributed by atoms with Gasteiger partial charge < -0.3 is 5.73 Å². The Kier molecular flexibility index (Phi) is 2.48. The maximum atomic E-state index is 13.2. The lowest BCUT2D eigenvalue weighted by Gasteiger charge is -2.08. The van der Waals surface area contributed by atoms with Gasteiger partial charge in [0.05, 0.1) is 11.4 Å². The second-order valence-electron chi connectivity index (χ2n) is 5.05. The minimum absolute atomic E-state index is 0.0728. The summed E-state index contributed by atoms with van der Waals surface area (Å²) >= 11 is 0. The molecule has 1 saturated carbocycles. The summed E-state index contributed by atoms with van der Waals surface area (Å²) < 4.78 is 15.0. The van der Waals surface area contributed by atoms with Gasteiger partial charge >= 0.3 is 0 Å². The van der Waals surface area contributed by atoms with E-state index in [0.29, 0.717) is 6.54 Å². The van der Waals surface area contributed by atoms with Crippen molar-refractivity contribution in [2.45, 2.75) is 25.2 Å². The van der Waals surface area contributed by atoms with Gasteiger partial charge in [-0.3, -0.25) is 0 Å². The Balaban J connectivity index is 2.03. The van der Waals surface area contributed by atoms with Crippen molar-refractivity contribution in [3.63, 3.8) is 0 Å². The topological polar surface area (TPSA) is 43.8 Å². The Bertz CT molecular complexity index is 584. The fourth-order valence-electron chi connectivity index (χ4n) is 2.32. The smallest absolute Gasteiger partial charge is 0.125 e. The molecule has 1 fully saturated rings. The standard InChI is InChI=1S/C14H16FN3/c1-10-7-13(14(9-16)5-6-14)17-18(10)12-4-2-3-11(15)8-12/h2-4,7-8H,5-6,9,16H2,1H3. The van der Waals surface area contributed by atoms with Crippen LogP contribution in [0.5, 0.6) is 0 Å². The molecule has 0 saturated heterocycles. The Labute approximate surface area is 105 Å². The van der Waals surface area contributed by atoms with Gasteiger partial charge in [-0.15, -0.1) is 0 Å². The number of hydrogen-bond donors (Lipinski definition) is 1. The molecule has 1 aliphatic carbocycles. The second-order valence-corrected chi connectivity index (χ2v) is 5.05. The summed E-state index contributed by atoms with van der Waals surface area (Å²) in [6.45, 7) is 2.61. The summed E-state index contributed by atoms with van der Waals surface area (Å²) in [5.74, 6) is -0.246. The lowest BCUT2D eigenvalue weighted by Crippen LogP contribution is -2.20. The molecule has 0 aliphatic heterocycles. The third-order valence-corrected chi connectivity index (χ3v) is 3.73. The number of halogens is 1. The van der Waals surface area contributed by atoms with E-state index in [1.54, 1.807) is 10.7 Å². The molecular formula is C14H16FN3. The predicted octanol–water partition coefficient (Wildman–Crippen LogP) is 2.31. The number of nitrogens with zero attached hydrogens (tertiary/aromatic N) is 2. The van der Waals surface area contributed by atoms with E-state index in [1.165, 1.54) is 12.1 Å². The molecule has 94 valence electrons. The Hall–Kier alpha value is -1.68. The highest BCUT2D eigenvalue weighted by molar-refractivity contribution is 5.36. The van der Waals surface area contributed by atoms with Crippen LogP contribution in [0.2, 0.25) is 0 Å². The Morgan fingerprint density at radius 1 is 1.39 bits per heavy atom. The monoisotopic (exact) mass is 245 g/mol. The summed E-state index contributed by atoms with van der Waals surface area (Å²) in [6, 6.07) is 8.54. The minimum atomic E-state index is -0.246. The predicted molar refractivity (Wildman–Crippen MR) is 68.2 cm³/mol. The summed E-state index contributed by atoms with van der Waals surface area (Å²) in [6.07, 6.45) is 2.20. The average molecular weight is 245 g/mol. The second kappa shape index (κ2) is 3.92. The lowest BCUT2D eigenvalue weighted by atomic mass is 10.0. The van der Waals surface area contributed by atoms with Gasteiger partial charge in [-0.1, -0.05) is 6.07 Å². The van der Waals surface area contributed by atoms with Gasteiger partial charge in [0.2, 0.25) is 0 Å². The molecule has 0 bridgehead atoms. The normalized spacial score (nSPS) is 16.8. The lowest BCUT2D eigenvalue weighted by molar-refractivity contribution is 0.623. The summed E-state index contributed by atoms with van der Waals surface area (Å²) in [7, 11) is 0. The highest BCUT2D eigenvalue weighted by Crippen LogP contribution is 2.46. The molecule has 2 N–H and O–H groups in total. The summed E-state index contributed by atoms with van der Waals surface area (Å²) in [4.78, 5) is 0. The van der Waals surface area contributed by atoms with Gasteiger partial charge in [0.1, 0.15) is 5.82 Å². The van der Waals surface area contributed by atoms with Crippen molar-refractivity contribution in [1.82, 2.24) is 9.78 Å². The zero-order valence-corrected chi connectivity index (χ0v) is 10.4. The molecule has 3 rings (SSSR count). The molecule has 0 radical (unpaired) electrons. The van der Waals surface area contributed by atoms with Gasteiger partial charge in [0.25, 0.3) is 0 Å². The number of benzene rings is 1. The van der Waals surface area contributed by atoms with Crippen LogP contribution in [-0.2, 0) is 5.41 Å². The van der Waals surface area contributed by atoms with E-state index in [2.05, 4.69) is 11.2 Å². The van der Waals surface area contributed by atoms with Crippen LogP contribution in [-0.4, -0.2) is 16.3 Å². The van der Waals surface area contributed by atoms with Gasteiger partial charge in [-0.25, -0.2) is 9.07 Å². The first-order chi connectivity index (χ1) is 8.64. The SMILES string of the molecule is Cc1cc(C2(CN)CC2)nn1-c1cccc(F)c1. The van der Waals surface area contributed by atoms with Crippen molar-refractivity contribution in [1.29, 1.82) is 0 Å². The quantitative estimate of drug-likeness (QED) is 0.901. The number of rotatable bonds is 3. The highest BCUT2D eigenvalue weighted by Gasteiger charge is 2.45. The van der Waals surface area contributed by atoms with Gasteiger partial charge in [-0.05, 0) is 44.0 Å². The van der Waals surface area contributed by atoms with Crippen molar-refractivity contribution in [2.75, 3.05) is 6.54 Å². The zero-order chi connectivity index (χ0) is 12.8. The van der Waals surface area contributed by atoms with E-state index < -0.39 is 0 Å². The fraction of sp³-hybridized carbons (Fsp3) is 0.357. The zero-order valence-electron chi connectivity index (χ0n) is 10.4. The molecule has 3 nitrogen and oxygen atoms in total. The average Bonchev–Trinajstić information content (AvgIpc) is 3.07. The highest BCUT2D eigenvalue weighted by atomic mass is 19.1. The molecule has 1 aromatic carbocycles. The summed E-state index contributed by atoms with van der Waals surface area (Å²) in [5, 5.41) is 4.60. The van der Waals surface area contributed by atoms with E-state index in [1.807, 2.05) is 13.0 Å². The van der Waals surface area contributed by atoms with Crippen LogP contribution in [0.15, 0.2) is 30.3 Å². The molecule has 4 heteroatoms. The molecule has 1 aliphatic rings. The number of hydrogen-bond acceptors (Lipinski definition) is 2. The minimum Gasteiger partial charge on any atom is -0.330 e. The largest absolute Gasteiger partial charge is 0.330 e. The third-order valence-electron chi connectivity index (χ3n) is 3.73. The van der Waals surface area contributed by atoms with E-state index in [9.17, 15) is 4.39 Å². The fourth-order valence-corrected chi connectivity index (χ4v) is 2.32. The van der Waals surface area contributed by atoms with Crippen LogP contribution in [0, 0.1) is 12.7 Å². The van der Waals surface area contributed by atoms with Crippen molar-refractivity contribution < 1.29 is 4.39 Å². The van der Waals surface area contributed by atoms with Crippen LogP contribution in [0.3, 0.4) is 0 Å². The first kappa shape index (κ1) is 11.4. The first-order valence-electron chi connectivity index (χ1n) is 6.18. The third kappa shape index (κ3) is 1.73. The van der Waals surface area contributed by atoms with Crippen molar-refractivity contribution in [2.24, 2.45) is 5.73 Å².